The van der Waals surface area contributed by atoms with Gasteiger partial charge in [-0.05, 0) is 17.5 Å². The highest BCUT2D eigenvalue weighted by molar-refractivity contribution is 5.35. The molecule has 1 aromatic carbocycles. The molecule has 19 heavy (non-hydrogen) atoms. The Morgan fingerprint density at radius 1 is 1.05 bits per heavy atom. The fourth-order valence-corrected chi connectivity index (χ4v) is 1.75. The van der Waals surface area contributed by atoms with Crippen molar-refractivity contribution in [2.75, 3.05) is 0 Å². The van der Waals surface area contributed by atoms with Crippen molar-refractivity contribution in [1.82, 2.24) is 0 Å². The minimum absolute atomic E-state index is 0.373. The number of allylic oxidation sites excluding steroid dienone is 2. The molecule has 104 valence electrons. The van der Waals surface area contributed by atoms with Crippen molar-refractivity contribution in [2.45, 2.75) is 31.8 Å². The Bertz CT molecular complexity index is 522. The lowest BCUT2D eigenvalue weighted by Crippen LogP contribution is -2.53. The molecule has 0 saturated heterocycles. The van der Waals surface area contributed by atoms with Gasteiger partial charge in [0.2, 0.25) is 11.6 Å². The summed E-state index contributed by atoms with van der Waals surface area (Å²) in [5.41, 5.74) is 1.46. The number of hydrogen-bond acceptors (Lipinski definition) is 1. The summed E-state index contributed by atoms with van der Waals surface area (Å²) in [7, 11) is 0. The van der Waals surface area contributed by atoms with E-state index in [2.05, 4.69) is 4.74 Å². The molecule has 0 N–H and O–H groups in total. The topological polar surface area (TPSA) is 9.23 Å². The first-order valence-electron chi connectivity index (χ1n) is 5.67. The van der Waals surface area contributed by atoms with Crippen molar-refractivity contribution in [3.8, 4) is 0 Å². The summed E-state index contributed by atoms with van der Waals surface area (Å²) in [6, 6.07) is 6.80. The van der Waals surface area contributed by atoms with Crippen LogP contribution in [0.4, 0.5) is 22.0 Å². The van der Waals surface area contributed by atoms with Crippen LogP contribution in [0.2, 0.25) is 0 Å². The van der Waals surface area contributed by atoms with Gasteiger partial charge in [0.25, 0.3) is 0 Å². The number of benzene rings is 1. The van der Waals surface area contributed by atoms with Gasteiger partial charge < -0.3 is 4.74 Å². The van der Waals surface area contributed by atoms with Crippen LogP contribution >= 0.6 is 0 Å². The third kappa shape index (κ3) is 2.09. The minimum Gasteiger partial charge on any atom is -0.484 e. The molecule has 0 unspecified atom stereocenters. The fourth-order valence-electron chi connectivity index (χ4n) is 1.75. The Morgan fingerprint density at radius 3 is 2.26 bits per heavy atom. The minimum atomic E-state index is -4.76. The van der Waals surface area contributed by atoms with Crippen LogP contribution in [0, 0.1) is 0 Å². The molecule has 0 heterocycles. The summed E-state index contributed by atoms with van der Waals surface area (Å²) in [5, 5.41) is 0. The van der Waals surface area contributed by atoms with Crippen molar-refractivity contribution in [3.05, 3.63) is 47.0 Å². The average Bonchev–Trinajstić information content (AvgIpc) is 2.38. The number of ether oxygens (including phenoxy) is 1. The van der Waals surface area contributed by atoms with E-state index in [1.165, 1.54) is 0 Å². The first kappa shape index (κ1) is 13.8. The molecule has 0 spiro atoms. The van der Waals surface area contributed by atoms with E-state index in [4.69, 9.17) is 0 Å². The van der Waals surface area contributed by atoms with Gasteiger partial charge in [-0.25, -0.2) is 4.39 Å². The average molecular weight is 278 g/mol. The Hall–Kier alpha value is -1.59. The van der Waals surface area contributed by atoms with Gasteiger partial charge in [0.05, 0.1) is 0 Å². The van der Waals surface area contributed by atoms with Crippen LogP contribution in [0.5, 0.6) is 0 Å². The van der Waals surface area contributed by atoms with Crippen LogP contribution in [-0.2, 0) is 17.8 Å². The lowest BCUT2D eigenvalue weighted by Gasteiger charge is -2.35. The molecule has 0 amide bonds. The second kappa shape index (κ2) is 4.51. The summed E-state index contributed by atoms with van der Waals surface area (Å²) in [5.74, 6) is -13.1. The molecule has 0 aliphatic heterocycles. The quantitative estimate of drug-likeness (QED) is 0.749. The van der Waals surface area contributed by atoms with E-state index in [1.54, 1.807) is 18.2 Å². The van der Waals surface area contributed by atoms with Crippen molar-refractivity contribution in [2.24, 2.45) is 0 Å². The van der Waals surface area contributed by atoms with E-state index in [1.807, 2.05) is 13.0 Å². The van der Waals surface area contributed by atoms with Gasteiger partial charge in [-0.2, -0.15) is 17.6 Å². The third-order valence-electron chi connectivity index (χ3n) is 2.94. The summed E-state index contributed by atoms with van der Waals surface area (Å²) < 4.78 is 68.2. The van der Waals surface area contributed by atoms with Gasteiger partial charge in [0.15, 0.2) is 0 Å². The van der Waals surface area contributed by atoms with Gasteiger partial charge in [0.1, 0.15) is 6.61 Å². The van der Waals surface area contributed by atoms with Crippen molar-refractivity contribution in [3.63, 3.8) is 0 Å². The number of aryl methyl sites for hydroxylation is 1. The third-order valence-corrected chi connectivity index (χ3v) is 2.94. The van der Waals surface area contributed by atoms with Gasteiger partial charge in [-0.1, -0.05) is 31.2 Å². The van der Waals surface area contributed by atoms with Gasteiger partial charge in [-0.3, -0.25) is 0 Å². The maximum Gasteiger partial charge on any atom is 0.375 e. The van der Waals surface area contributed by atoms with Crippen molar-refractivity contribution in [1.29, 1.82) is 0 Å². The van der Waals surface area contributed by atoms with Crippen LogP contribution in [0.15, 0.2) is 35.9 Å². The van der Waals surface area contributed by atoms with E-state index in [-0.39, 0.29) is 6.61 Å². The first-order chi connectivity index (χ1) is 8.80. The zero-order valence-electron chi connectivity index (χ0n) is 10.0. The van der Waals surface area contributed by atoms with E-state index >= 15 is 0 Å². The van der Waals surface area contributed by atoms with Crippen LogP contribution < -0.4 is 0 Å². The SMILES string of the molecule is CCc1cccc(COC2=C(F)C(F)(F)C2(F)F)c1. The van der Waals surface area contributed by atoms with E-state index < -0.39 is 23.4 Å². The summed E-state index contributed by atoms with van der Waals surface area (Å²) in [6.45, 7) is 1.53. The molecule has 0 radical (unpaired) electrons. The number of alkyl halides is 4. The van der Waals surface area contributed by atoms with Crippen molar-refractivity contribution < 1.29 is 26.7 Å². The molecule has 6 heteroatoms. The smallest absolute Gasteiger partial charge is 0.375 e. The largest absolute Gasteiger partial charge is 0.484 e. The van der Waals surface area contributed by atoms with Crippen LogP contribution in [0.25, 0.3) is 0 Å². The lowest BCUT2D eigenvalue weighted by atomic mass is 9.96. The molecule has 1 aliphatic rings. The molecular weight excluding hydrogens is 267 g/mol. The molecule has 0 saturated carbocycles. The van der Waals surface area contributed by atoms with E-state index in [0.717, 1.165) is 12.0 Å². The first-order valence-corrected chi connectivity index (χ1v) is 5.67. The Morgan fingerprint density at radius 2 is 1.68 bits per heavy atom. The monoisotopic (exact) mass is 278 g/mol. The second-order valence-corrected chi connectivity index (χ2v) is 4.25. The van der Waals surface area contributed by atoms with Gasteiger partial charge in [0, 0.05) is 0 Å². The van der Waals surface area contributed by atoms with Gasteiger partial charge >= 0.3 is 11.8 Å². The highest BCUT2D eigenvalue weighted by Gasteiger charge is 2.74. The highest BCUT2D eigenvalue weighted by Crippen LogP contribution is 2.56. The highest BCUT2D eigenvalue weighted by atomic mass is 19.3. The number of rotatable bonds is 4. The van der Waals surface area contributed by atoms with Crippen LogP contribution in [-0.4, -0.2) is 11.8 Å². The molecule has 0 bridgehead atoms. The van der Waals surface area contributed by atoms with E-state index in [9.17, 15) is 22.0 Å². The van der Waals surface area contributed by atoms with Crippen LogP contribution in [0.1, 0.15) is 18.1 Å². The predicted molar refractivity (Wildman–Crippen MR) is 58.6 cm³/mol. The molecular formula is C13H11F5O. The molecule has 1 aliphatic carbocycles. The summed E-state index contributed by atoms with van der Waals surface area (Å²) in [6.07, 6.45) is 0.735. The summed E-state index contributed by atoms with van der Waals surface area (Å²) >= 11 is 0. The summed E-state index contributed by atoms with van der Waals surface area (Å²) in [4.78, 5) is 0. The van der Waals surface area contributed by atoms with E-state index in [0.29, 0.717) is 5.56 Å². The maximum atomic E-state index is 12.9. The van der Waals surface area contributed by atoms with Crippen molar-refractivity contribution >= 4 is 0 Å². The standard InChI is InChI=1S/C13H11F5O/c1-2-8-4-3-5-9(6-8)7-19-11-10(14)12(15,16)13(11,17)18/h3-6H,2,7H2,1H3. The molecule has 0 aromatic heterocycles. The second-order valence-electron chi connectivity index (χ2n) is 4.25. The Labute approximate surface area is 106 Å². The maximum absolute atomic E-state index is 12.9. The Kier molecular flexibility index (Phi) is 3.28. The normalized spacial score (nSPS) is 20.1. The molecule has 1 nitrogen and oxygen atoms in total. The van der Waals surface area contributed by atoms with Gasteiger partial charge in [-0.15, -0.1) is 0 Å². The predicted octanol–water partition coefficient (Wildman–Crippen LogP) is 4.23. The molecule has 1 aromatic rings. The lowest BCUT2D eigenvalue weighted by molar-refractivity contribution is -0.233. The van der Waals surface area contributed by atoms with Crippen LogP contribution in [0.3, 0.4) is 0 Å². The fraction of sp³-hybridized carbons (Fsp3) is 0.385. The zero-order valence-corrected chi connectivity index (χ0v) is 10.0. The zero-order chi connectivity index (χ0) is 14.3. The molecule has 2 rings (SSSR count). The molecule has 0 atom stereocenters. The number of halogens is 5. The molecule has 0 fully saturated rings. The number of hydrogen-bond donors (Lipinski definition) is 0. The Balaban J connectivity index is 2.10.